The summed E-state index contributed by atoms with van der Waals surface area (Å²) < 4.78 is 37.5. The molecule has 8 aromatic rings. The lowest BCUT2D eigenvalue weighted by Gasteiger charge is -2.34. The van der Waals surface area contributed by atoms with E-state index in [1.807, 2.05) is 54.9 Å². The van der Waals surface area contributed by atoms with E-state index < -0.39 is 5.24 Å². The normalized spacial score (nSPS) is 15.3. The highest BCUT2D eigenvalue weighted by Gasteiger charge is 2.25. The Kier molecular flexibility index (Phi) is 35.1. The molecule has 7 N–H and O–H groups in total. The first kappa shape index (κ1) is 81.4. The number of nitrogens with zero attached hydrogens (tertiary/aromatic N) is 11. The number of ketones is 1. The molecule has 4 saturated heterocycles. The molecule has 0 saturated carbocycles. The molecule has 102 heavy (non-hydrogen) atoms. The number of benzene rings is 2. The van der Waals surface area contributed by atoms with Crippen LogP contribution in [-0.2, 0) is 65.4 Å². The molecule has 0 bridgehead atoms. The van der Waals surface area contributed by atoms with Gasteiger partial charge in [0.2, 0.25) is 17.1 Å². The van der Waals surface area contributed by atoms with Crippen molar-refractivity contribution in [2.45, 2.75) is 51.5 Å². The van der Waals surface area contributed by atoms with Gasteiger partial charge in [0, 0.05) is 185 Å². The van der Waals surface area contributed by atoms with Crippen molar-refractivity contribution in [3.63, 3.8) is 0 Å². The van der Waals surface area contributed by atoms with Gasteiger partial charge in [-0.05, 0) is 73.5 Å². The van der Waals surface area contributed by atoms with Gasteiger partial charge in [0.05, 0.1) is 82.9 Å². The Hall–Kier alpha value is -7.89. The SMILES string of the molecule is C=CC(=O)CCC(C)OC.C=CC(=O)Cl.C=CC(=O)NCC(OC)OC.C=CC(=O)NCCN1CCN(Cc2cc3nc(-c4cccc5[nH]ncc45)nc(N4CCOCC4)c3s2)CC1.COC(CN)OC.c1cc(-c2nc(N3CCOCC3)c3sc(CN4CCNCC4)cc3n2)c2cn[nH]c2c1. The molecule has 6 aromatic heterocycles. The lowest BCUT2D eigenvalue weighted by atomic mass is 10.1. The van der Waals surface area contributed by atoms with Crippen LogP contribution in [0.1, 0.15) is 29.5 Å². The summed E-state index contributed by atoms with van der Waals surface area (Å²) in [6.45, 7) is 33.8. The molecule has 31 heteroatoms. The Bertz CT molecular complexity index is 3920. The summed E-state index contributed by atoms with van der Waals surface area (Å²) in [7, 11) is 7.77. The van der Waals surface area contributed by atoms with Gasteiger partial charge in [0.1, 0.15) is 0 Å². The number of piperazine rings is 2. The molecule has 2 aromatic carbocycles. The molecule has 1 atom stereocenters. The molecule has 2 amide bonds. The van der Waals surface area contributed by atoms with Crippen molar-refractivity contribution in [3.8, 4) is 22.8 Å². The van der Waals surface area contributed by atoms with E-state index in [-0.39, 0.29) is 36.3 Å². The molecular formula is C71H98ClN17O11S2. The van der Waals surface area contributed by atoms with E-state index in [1.54, 1.807) is 32.7 Å². The quantitative estimate of drug-likeness (QED) is 0.0182. The number of aromatic nitrogens is 8. The molecule has 552 valence electrons. The summed E-state index contributed by atoms with van der Waals surface area (Å²) in [5, 5.41) is 24.9. The first-order valence-electron chi connectivity index (χ1n) is 33.7. The third-order valence-corrected chi connectivity index (χ3v) is 19.1. The molecule has 4 aliphatic heterocycles. The Morgan fingerprint density at radius 3 is 1.50 bits per heavy atom. The number of nitrogens with one attached hydrogen (secondary N) is 5. The van der Waals surface area contributed by atoms with Crippen LogP contribution in [0.15, 0.2) is 112 Å². The van der Waals surface area contributed by atoms with E-state index in [9.17, 15) is 19.2 Å². The monoisotopic (exact) mass is 1460 g/mol. The largest absolute Gasteiger partial charge is 0.382 e. The highest BCUT2D eigenvalue weighted by molar-refractivity contribution is 7.20. The van der Waals surface area contributed by atoms with Gasteiger partial charge in [-0.1, -0.05) is 50.6 Å². The van der Waals surface area contributed by atoms with Gasteiger partial charge in [-0.15, -0.1) is 22.7 Å². The Balaban J connectivity index is 0.000000201. The van der Waals surface area contributed by atoms with Gasteiger partial charge >= 0.3 is 0 Å². The zero-order valence-electron chi connectivity index (χ0n) is 59.3. The number of morpholine rings is 2. The van der Waals surface area contributed by atoms with Crippen LogP contribution in [0.3, 0.4) is 0 Å². The van der Waals surface area contributed by atoms with Gasteiger partial charge in [-0.2, -0.15) is 10.2 Å². The van der Waals surface area contributed by atoms with Crippen molar-refractivity contribution in [2.24, 2.45) is 5.73 Å². The zero-order chi connectivity index (χ0) is 73.2. The highest BCUT2D eigenvalue weighted by Crippen LogP contribution is 2.38. The number of H-pyrrole nitrogens is 2. The van der Waals surface area contributed by atoms with Crippen molar-refractivity contribution in [3.05, 3.63) is 121 Å². The summed E-state index contributed by atoms with van der Waals surface area (Å²) in [6.07, 6.45) is 9.47. The topological polar surface area (TPSA) is 320 Å². The van der Waals surface area contributed by atoms with Crippen molar-refractivity contribution in [1.29, 1.82) is 0 Å². The minimum Gasteiger partial charge on any atom is -0.382 e. The Labute approximate surface area is 608 Å². The van der Waals surface area contributed by atoms with Crippen LogP contribution in [0.4, 0.5) is 11.6 Å². The van der Waals surface area contributed by atoms with Crippen molar-refractivity contribution < 1.29 is 52.3 Å². The van der Waals surface area contributed by atoms with Crippen molar-refractivity contribution in [2.75, 3.05) is 176 Å². The molecular weight excluding hydrogens is 1370 g/mol. The fourth-order valence-corrected chi connectivity index (χ4v) is 13.2. The number of fused-ring (bicyclic) bond motifs is 4. The number of ether oxygens (including phenoxy) is 7. The molecule has 10 heterocycles. The second kappa shape index (κ2) is 43.9. The molecule has 1 unspecified atom stereocenters. The molecule has 0 spiro atoms. The number of carbonyl (C=O) groups is 4. The van der Waals surface area contributed by atoms with Crippen LogP contribution in [0.2, 0.25) is 0 Å². The summed E-state index contributed by atoms with van der Waals surface area (Å²) in [4.78, 5) is 77.1. The number of thiophene rings is 2. The summed E-state index contributed by atoms with van der Waals surface area (Å²) in [6, 6.07) is 16.7. The van der Waals surface area contributed by atoms with E-state index in [4.69, 9.17) is 70.4 Å². The Morgan fingerprint density at radius 2 is 1.08 bits per heavy atom. The first-order valence-corrected chi connectivity index (χ1v) is 35.7. The minimum absolute atomic E-state index is 0.0869. The fourth-order valence-electron chi connectivity index (χ4n) is 10.9. The maximum atomic E-state index is 11.4. The van der Waals surface area contributed by atoms with Crippen molar-refractivity contribution in [1.82, 2.24) is 71.0 Å². The van der Waals surface area contributed by atoms with Crippen LogP contribution >= 0.6 is 34.3 Å². The highest BCUT2D eigenvalue weighted by atomic mass is 35.5. The van der Waals surface area contributed by atoms with Crippen LogP contribution in [0.25, 0.3) is 65.0 Å². The van der Waals surface area contributed by atoms with Crippen LogP contribution in [0.5, 0.6) is 0 Å². The number of hydrogen-bond acceptors (Lipinski definition) is 26. The number of carbonyl (C=O) groups excluding carboxylic acids is 4. The average Bonchev–Trinajstić information content (AvgIpc) is 1.56. The summed E-state index contributed by atoms with van der Waals surface area (Å²) >= 11 is 8.34. The van der Waals surface area contributed by atoms with Gasteiger partial charge in [0.25, 0.3) is 0 Å². The van der Waals surface area contributed by atoms with Gasteiger partial charge in [-0.3, -0.25) is 44.1 Å². The lowest BCUT2D eigenvalue weighted by Crippen LogP contribution is -2.47. The number of halogens is 1. The Morgan fingerprint density at radius 1 is 0.618 bits per heavy atom. The number of methoxy groups -OCH3 is 5. The van der Waals surface area contributed by atoms with Gasteiger partial charge < -0.3 is 64.6 Å². The molecule has 4 aliphatic rings. The average molecular weight is 1470 g/mol. The molecule has 28 nitrogen and oxygen atoms in total. The molecule has 12 rings (SSSR count). The van der Waals surface area contributed by atoms with E-state index in [0.717, 1.165) is 196 Å². The number of aromatic amines is 2. The molecule has 0 aliphatic carbocycles. The van der Waals surface area contributed by atoms with Gasteiger partial charge in [-0.25, -0.2) is 19.9 Å². The predicted octanol–water partition coefficient (Wildman–Crippen LogP) is 6.93. The molecule has 4 fully saturated rings. The molecule has 0 radical (unpaired) electrons. The van der Waals surface area contributed by atoms with E-state index in [0.29, 0.717) is 39.3 Å². The number of amides is 2. The number of allylic oxidation sites excluding steroid dienone is 2. The maximum absolute atomic E-state index is 11.4. The number of anilines is 2. The standard InChI is InChI=1S/C27H32N8O2S.C22H25N7OS.C8H14O2.C7H13NO3.C4H11NO2.C3H3ClO/c1-2-24(36)28-6-7-33-8-10-34(11-9-33)18-19-16-23-25(38-19)27(35-12-14-37-15-13-35)31-26(30-23)20-4-3-5-22-21(20)17-29-32-22;1-2-16(17-13-24-27-18(17)3-1)21-25-19-12-15(14-28-6-4-23-5-7-28)31-20(19)22(26-21)29-8-10-30-11-9-29;1-4-8(9)6-5-7(2)10-3;1-4-6(9)8-5-7(10-2)11-3;1-6-4(3-5)7-2;1-2-3(4)5/h2-5,16-17H,1,6-15,18H2,(H,28,36)(H,29,32);1-3,12-13,23H,4-11,14H2,(H,24,27);4,7H,1,5-6H2,2-3H3;4,7H,1,5H2,2-3H3,(H,8,9);4H,3,5H2,1-2H3;2H,1H2. The minimum atomic E-state index is -0.509. The first-order chi connectivity index (χ1) is 49.6. The second-order valence-electron chi connectivity index (χ2n) is 23.5. The third kappa shape index (κ3) is 25.2. The fraction of sp³-hybridized carbons (Fsp3) is 0.465. The van der Waals surface area contributed by atoms with Crippen LogP contribution in [0, 0.1) is 0 Å². The predicted molar refractivity (Wildman–Crippen MR) is 404 cm³/mol. The van der Waals surface area contributed by atoms with Crippen LogP contribution < -0.4 is 31.5 Å². The van der Waals surface area contributed by atoms with E-state index in [2.05, 4.69) is 111 Å². The third-order valence-electron chi connectivity index (χ3n) is 16.7. The number of nitrogens with two attached hydrogens (primary N) is 1. The van der Waals surface area contributed by atoms with Crippen LogP contribution in [-0.4, -0.2) is 263 Å². The van der Waals surface area contributed by atoms with Gasteiger partial charge in [0.15, 0.2) is 41.6 Å². The second-order valence-corrected chi connectivity index (χ2v) is 26.1. The maximum Gasteiger partial charge on any atom is 0.244 e. The van der Waals surface area contributed by atoms with E-state index >= 15 is 0 Å². The smallest absolute Gasteiger partial charge is 0.244 e. The lowest BCUT2D eigenvalue weighted by molar-refractivity contribution is -0.123. The summed E-state index contributed by atoms with van der Waals surface area (Å²) in [5.74, 6) is 3.25. The summed E-state index contributed by atoms with van der Waals surface area (Å²) in [5.41, 5.74) is 11.1. The van der Waals surface area contributed by atoms with E-state index in [1.165, 1.54) is 46.9 Å². The zero-order valence-corrected chi connectivity index (χ0v) is 61.7. The van der Waals surface area contributed by atoms with Crippen molar-refractivity contribution >= 4 is 111 Å². The number of hydrogen-bond donors (Lipinski definition) is 6. The number of rotatable bonds is 26.